The molecule has 0 saturated carbocycles. The van der Waals surface area contributed by atoms with Crippen LogP contribution in [0, 0.1) is 5.92 Å². The largest absolute Gasteiger partial charge is 0.670 e. The number of aromatic hydroxyl groups is 2. The summed E-state index contributed by atoms with van der Waals surface area (Å²) in [6.45, 7) is 0. The summed E-state index contributed by atoms with van der Waals surface area (Å²) in [5.74, 6) is 0.603. The first-order chi connectivity index (χ1) is 15.9. The highest BCUT2D eigenvalue weighted by Crippen LogP contribution is 2.30. The van der Waals surface area contributed by atoms with Crippen molar-refractivity contribution < 1.29 is 29.6 Å². The monoisotopic (exact) mass is 452 g/mol. The van der Waals surface area contributed by atoms with Crippen molar-refractivity contribution in [2.24, 2.45) is 5.92 Å². The van der Waals surface area contributed by atoms with Crippen LogP contribution in [0.4, 0.5) is 0 Å². The lowest BCUT2D eigenvalue weighted by Crippen LogP contribution is -2.27. The lowest BCUT2D eigenvalue weighted by atomic mass is 9.86. The third-order valence-corrected chi connectivity index (χ3v) is 5.77. The van der Waals surface area contributed by atoms with Crippen LogP contribution in [0.3, 0.4) is 0 Å². The Hall–Kier alpha value is -3.45. The van der Waals surface area contributed by atoms with Crippen molar-refractivity contribution in [3.8, 4) is 23.0 Å². The minimum atomic E-state index is -0.832. The number of ether oxygens (including phenoxy) is 2. The quantitative estimate of drug-likeness (QED) is 0.386. The molecular weight excluding hydrogens is 422 g/mol. The Bertz CT molecular complexity index is 1050. The number of rotatable bonds is 12. The van der Waals surface area contributed by atoms with E-state index in [1.807, 2.05) is 6.07 Å². The highest BCUT2D eigenvalue weighted by atomic mass is 16.5. The Balaban J connectivity index is 1.65. The Kier molecular flexibility index (Phi) is 8.38. The number of phenolic OH excluding ortho intramolecular Hbond substituents is 2. The van der Waals surface area contributed by atoms with Crippen LogP contribution in [0.25, 0.3) is 0 Å². The van der Waals surface area contributed by atoms with Crippen LogP contribution in [0.15, 0.2) is 54.9 Å². The number of aryl methyl sites for hydroxylation is 1. The van der Waals surface area contributed by atoms with Crippen LogP contribution >= 0.6 is 0 Å². The lowest BCUT2D eigenvalue weighted by Gasteiger charge is -2.23. The fourth-order valence-electron chi connectivity index (χ4n) is 3.90. The number of nitrogens with zero attached hydrogens (tertiary/aromatic N) is 1. The average molecular weight is 453 g/mol. The number of phenols is 2. The van der Waals surface area contributed by atoms with Gasteiger partial charge in [-0.15, -0.1) is 0 Å². The highest BCUT2D eigenvalue weighted by Gasteiger charge is 2.23. The number of Topliss-reactive ketones (excluding diaryl/α,β-unsaturated/α-hetero) is 1. The molecule has 7 heteroatoms. The van der Waals surface area contributed by atoms with Crippen LogP contribution < -0.4 is 14.5 Å². The van der Waals surface area contributed by atoms with E-state index in [9.17, 15) is 20.1 Å². The predicted octanol–water partition coefficient (Wildman–Crippen LogP) is 3.43. The molecule has 0 amide bonds. The number of benzene rings is 2. The summed E-state index contributed by atoms with van der Waals surface area (Å²) in [6.07, 6.45) is 4.55. The van der Waals surface area contributed by atoms with Gasteiger partial charge in [0.05, 0.1) is 20.3 Å². The van der Waals surface area contributed by atoms with Gasteiger partial charge in [-0.2, -0.15) is 12.4 Å². The SMILES string of the molecule is COc1cc(CCC(=O)C[C@@H](O)[C@H](Cc2cc[n-]c2)Cc2ccc(O)c(OC)c2)ccc1O. The van der Waals surface area contributed by atoms with Crippen LogP contribution in [0.2, 0.25) is 0 Å². The number of hydrogen-bond acceptors (Lipinski definition) is 6. The summed E-state index contributed by atoms with van der Waals surface area (Å²) in [6, 6.07) is 12.0. The van der Waals surface area contributed by atoms with Gasteiger partial charge in [0.1, 0.15) is 5.78 Å². The molecule has 0 fully saturated rings. The molecule has 0 saturated heterocycles. The van der Waals surface area contributed by atoms with Crippen LogP contribution in [0.5, 0.6) is 23.0 Å². The van der Waals surface area contributed by atoms with Crippen molar-refractivity contribution in [3.63, 3.8) is 0 Å². The van der Waals surface area contributed by atoms with E-state index in [0.717, 1.165) is 16.7 Å². The number of aliphatic hydroxyl groups excluding tert-OH is 1. The van der Waals surface area contributed by atoms with E-state index in [4.69, 9.17) is 9.47 Å². The predicted molar refractivity (Wildman–Crippen MR) is 124 cm³/mol. The molecule has 176 valence electrons. The Labute approximate surface area is 193 Å². The molecular formula is C26H30NO6-. The maximum Gasteiger partial charge on any atom is 0.160 e. The third-order valence-electron chi connectivity index (χ3n) is 5.77. The van der Waals surface area contributed by atoms with Gasteiger partial charge in [0.2, 0.25) is 0 Å². The van der Waals surface area contributed by atoms with E-state index in [2.05, 4.69) is 4.98 Å². The molecule has 0 spiro atoms. The zero-order valence-electron chi connectivity index (χ0n) is 18.9. The van der Waals surface area contributed by atoms with Crippen LogP contribution in [-0.2, 0) is 24.1 Å². The number of aliphatic hydroxyl groups is 1. The first-order valence-corrected chi connectivity index (χ1v) is 10.9. The van der Waals surface area contributed by atoms with E-state index in [1.54, 1.807) is 48.8 Å². The van der Waals surface area contributed by atoms with Gasteiger partial charge in [0.25, 0.3) is 0 Å². The van der Waals surface area contributed by atoms with Gasteiger partial charge < -0.3 is 29.8 Å². The van der Waals surface area contributed by atoms with Crippen molar-refractivity contribution in [3.05, 3.63) is 71.5 Å². The topological polar surface area (TPSA) is 110 Å². The normalized spacial score (nSPS) is 12.8. The van der Waals surface area contributed by atoms with Gasteiger partial charge in [-0.05, 0) is 60.6 Å². The number of aromatic nitrogens is 1. The summed E-state index contributed by atoms with van der Waals surface area (Å²) in [4.78, 5) is 16.7. The second-order valence-corrected chi connectivity index (χ2v) is 8.16. The van der Waals surface area contributed by atoms with Gasteiger partial charge >= 0.3 is 0 Å². The third kappa shape index (κ3) is 6.76. The maximum absolute atomic E-state index is 12.6. The lowest BCUT2D eigenvalue weighted by molar-refractivity contribution is -0.121. The first kappa shape index (κ1) is 24.2. The van der Waals surface area contributed by atoms with E-state index in [1.165, 1.54) is 14.2 Å². The van der Waals surface area contributed by atoms with Gasteiger partial charge in [-0.3, -0.25) is 4.79 Å². The molecule has 3 rings (SSSR count). The summed E-state index contributed by atoms with van der Waals surface area (Å²) in [7, 11) is 2.97. The van der Waals surface area contributed by atoms with E-state index in [-0.39, 0.29) is 36.0 Å². The molecule has 2 atom stereocenters. The number of carbonyl (C=O) groups is 1. The first-order valence-electron chi connectivity index (χ1n) is 10.9. The number of carbonyl (C=O) groups excluding carboxylic acids is 1. The van der Waals surface area contributed by atoms with E-state index >= 15 is 0 Å². The molecule has 0 radical (unpaired) electrons. The molecule has 0 unspecified atom stereocenters. The fourth-order valence-corrected chi connectivity index (χ4v) is 3.90. The Morgan fingerprint density at radius 2 is 1.52 bits per heavy atom. The van der Waals surface area contributed by atoms with Crippen molar-refractivity contribution in [2.75, 3.05) is 14.2 Å². The van der Waals surface area contributed by atoms with Crippen molar-refractivity contribution in [1.29, 1.82) is 0 Å². The fraction of sp³-hybridized carbons (Fsp3) is 0.346. The smallest absolute Gasteiger partial charge is 0.160 e. The summed E-state index contributed by atoms with van der Waals surface area (Å²) < 4.78 is 10.3. The number of ketones is 1. The standard InChI is InChI=1S/C26H30NO6/c1-32-25-13-17(4-7-22(25)29)3-6-21(28)15-24(31)20(12-19-9-10-27-16-19)11-18-5-8-23(30)26(14-18)33-2/h4-5,7-10,13-14,16,20,24,29-31H,3,6,11-12,15H2,1-2H3/q-1/t20-,24+/m0/s1. The zero-order valence-corrected chi connectivity index (χ0v) is 18.9. The summed E-state index contributed by atoms with van der Waals surface area (Å²) >= 11 is 0. The van der Waals surface area contributed by atoms with Gasteiger partial charge in [-0.25, -0.2) is 0 Å². The molecule has 3 aromatic rings. The maximum atomic E-state index is 12.6. The number of hydrogen-bond donors (Lipinski definition) is 3. The van der Waals surface area contributed by atoms with Gasteiger partial charge in [-0.1, -0.05) is 23.8 Å². The molecule has 1 aromatic heterocycles. The average Bonchev–Trinajstić information content (AvgIpc) is 3.32. The number of methoxy groups -OCH3 is 2. The molecule has 33 heavy (non-hydrogen) atoms. The zero-order chi connectivity index (χ0) is 23.8. The van der Waals surface area contributed by atoms with Gasteiger partial charge in [0.15, 0.2) is 23.0 Å². The summed E-state index contributed by atoms with van der Waals surface area (Å²) in [5.41, 5.74) is 2.77. The van der Waals surface area contributed by atoms with E-state index in [0.29, 0.717) is 30.8 Å². The van der Waals surface area contributed by atoms with Gasteiger partial charge in [0, 0.05) is 12.8 Å². The highest BCUT2D eigenvalue weighted by molar-refractivity contribution is 5.79. The molecule has 2 aromatic carbocycles. The minimum Gasteiger partial charge on any atom is -0.670 e. The Morgan fingerprint density at radius 3 is 2.12 bits per heavy atom. The van der Waals surface area contributed by atoms with Crippen LogP contribution in [0.1, 0.15) is 29.5 Å². The molecule has 7 nitrogen and oxygen atoms in total. The molecule has 0 aliphatic rings. The second-order valence-electron chi connectivity index (χ2n) is 8.16. The van der Waals surface area contributed by atoms with Crippen LogP contribution in [-0.4, -0.2) is 41.4 Å². The Morgan fingerprint density at radius 1 is 0.909 bits per heavy atom. The molecule has 3 N–H and O–H groups in total. The van der Waals surface area contributed by atoms with Crippen molar-refractivity contribution in [2.45, 2.75) is 38.2 Å². The van der Waals surface area contributed by atoms with E-state index < -0.39 is 6.10 Å². The minimum absolute atomic E-state index is 0.0385. The summed E-state index contributed by atoms with van der Waals surface area (Å²) in [5, 5.41) is 30.5. The molecule has 1 heterocycles. The molecule has 0 aliphatic carbocycles. The second kappa shape index (κ2) is 11.4. The van der Waals surface area contributed by atoms with Crippen molar-refractivity contribution in [1.82, 2.24) is 4.98 Å². The molecule has 0 bridgehead atoms. The molecule has 0 aliphatic heterocycles. The van der Waals surface area contributed by atoms with Crippen molar-refractivity contribution >= 4 is 5.78 Å².